The first-order valence-electron chi connectivity index (χ1n) is 11.3. The number of nitrogens with one attached hydrogen (secondary N) is 1. The molecule has 168 valence electrons. The molecule has 9 heteroatoms. The molecule has 0 spiro atoms. The molecule has 1 N–H and O–H groups in total. The lowest BCUT2D eigenvalue weighted by Crippen LogP contribution is -2.40. The van der Waals surface area contributed by atoms with Crippen molar-refractivity contribution in [3.8, 4) is 0 Å². The van der Waals surface area contributed by atoms with E-state index in [1.54, 1.807) is 12.1 Å². The summed E-state index contributed by atoms with van der Waals surface area (Å²) in [7, 11) is -3.55. The number of anilines is 2. The number of hydrogen-bond acceptors (Lipinski definition) is 7. The lowest BCUT2D eigenvalue weighted by atomic mass is 9.96. The van der Waals surface area contributed by atoms with Crippen LogP contribution in [0.3, 0.4) is 0 Å². The molecule has 2 saturated heterocycles. The van der Waals surface area contributed by atoms with Crippen molar-refractivity contribution in [3.63, 3.8) is 0 Å². The summed E-state index contributed by atoms with van der Waals surface area (Å²) in [6.07, 6.45) is 6.58. The fourth-order valence-electron chi connectivity index (χ4n) is 4.75. The standard InChI is InChI=1S/C22H30N4O4S/c27-31(28,26-11-13-29-14-12-26)17-7-8-21(25-9-3-4-10-25)19(15-17)23-16-20-18-5-1-2-6-22(18)30-24-20/h7-8,15,23H,1-6,9-14,16H2. The van der Waals surface area contributed by atoms with Gasteiger partial charge in [0.15, 0.2) is 0 Å². The summed E-state index contributed by atoms with van der Waals surface area (Å²) in [6.45, 7) is 4.17. The number of ether oxygens (including phenoxy) is 1. The number of benzene rings is 1. The number of sulfonamides is 1. The lowest BCUT2D eigenvalue weighted by Gasteiger charge is -2.27. The average molecular weight is 447 g/mol. The Morgan fingerprint density at radius 1 is 1.00 bits per heavy atom. The molecule has 3 heterocycles. The summed E-state index contributed by atoms with van der Waals surface area (Å²) in [4.78, 5) is 2.65. The van der Waals surface area contributed by atoms with Gasteiger partial charge in [-0.3, -0.25) is 0 Å². The minimum atomic E-state index is -3.55. The van der Waals surface area contributed by atoms with E-state index >= 15 is 0 Å². The molecule has 0 saturated carbocycles. The van der Waals surface area contributed by atoms with Crippen LogP contribution < -0.4 is 10.2 Å². The van der Waals surface area contributed by atoms with Gasteiger partial charge in [0.2, 0.25) is 10.0 Å². The molecule has 0 amide bonds. The maximum atomic E-state index is 13.2. The van der Waals surface area contributed by atoms with Gasteiger partial charge in [0.25, 0.3) is 0 Å². The maximum Gasteiger partial charge on any atom is 0.243 e. The maximum absolute atomic E-state index is 13.2. The molecule has 2 aliphatic heterocycles. The topological polar surface area (TPSA) is 87.9 Å². The van der Waals surface area contributed by atoms with Crippen molar-refractivity contribution < 1.29 is 17.7 Å². The Morgan fingerprint density at radius 3 is 2.58 bits per heavy atom. The molecule has 5 rings (SSSR count). The summed E-state index contributed by atoms with van der Waals surface area (Å²) in [5, 5.41) is 7.78. The molecular formula is C22H30N4O4S. The minimum Gasteiger partial charge on any atom is -0.379 e. The Balaban J connectivity index is 1.43. The molecule has 0 unspecified atom stereocenters. The van der Waals surface area contributed by atoms with Gasteiger partial charge in [-0.1, -0.05) is 5.16 Å². The largest absolute Gasteiger partial charge is 0.379 e. The number of rotatable bonds is 6. The van der Waals surface area contributed by atoms with Gasteiger partial charge in [-0.05, 0) is 50.3 Å². The molecule has 3 aliphatic rings. The number of nitrogens with zero attached hydrogens (tertiary/aromatic N) is 3. The molecule has 0 radical (unpaired) electrons. The molecule has 8 nitrogen and oxygen atoms in total. The van der Waals surface area contributed by atoms with Crippen LogP contribution in [0.2, 0.25) is 0 Å². The Morgan fingerprint density at radius 2 is 1.77 bits per heavy atom. The summed E-state index contributed by atoms with van der Waals surface area (Å²) < 4.78 is 38.8. The van der Waals surface area contributed by atoms with Crippen molar-refractivity contribution >= 4 is 21.4 Å². The van der Waals surface area contributed by atoms with Crippen molar-refractivity contribution in [3.05, 3.63) is 35.2 Å². The van der Waals surface area contributed by atoms with Crippen molar-refractivity contribution in [2.75, 3.05) is 49.6 Å². The van der Waals surface area contributed by atoms with Gasteiger partial charge in [-0.15, -0.1) is 0 Å². The molecule has 31 heavy (non-hydrogen) atoms. The number of hydrogen-bond donors (Lipinski definition) is 1. The average Bonchev–Trinajstić information content (AvgIpc) is 3.48. The van der Waals surface area contributed by atoms with Crippen LogP contribution in [0.5, 0.6) is 0 Å². The zero-order valence-electron chi connectivity index (χ0n) is 17.8. The van der Waals surface area contributed by atoms with Crippen molar-refractivity contribution in [2.45, 2.75) is 50.0 Å². The molecule has 2 fully saturated rings. The molecule has 1 aliphatic carbocycles. The van der Waals surface area contributed by atoms with Gasteiger partial charge in [0.1, 0.15) is 11.5 Å². The number of fused-ring (bicyclic) bond motifs is 1. The van der Waals surface area contributed by atoms with Crippen LogP contribution in [0.25, 0.3) is 0 Å². The van der Waals surface area contributed by atoms with Crippen LogP contribution in [0.15, 0.2) is 27.6 Å². The predicted molar refractivity (Wildman–Crippen MR) is 118 cm³/mol. The zero-order chi connectivity index (χ0) is 21.3. The second-order valence-electron chi connectivity index (χ2n) is 8.48. The molecule has 1 aromatic heterocycles. The molecule has 2 aromatic rings. The van der Waals surface area contributed by atoms with E-state index in [9.17, 15) is 8.42 Å². The summed E-state index contributed by atoms with van der Waals surface area (Å²) in [6, 6.07) is 5.46. The number of morpholine rings is 1. The van der Waals surface area contributed by atoms with Gasteiger partial charge in [0.05, 0.1) is 36.0 Å². The predicted octanol–water partition coefficient (Wildman–Crippen LogP) is 2.79. The van der Waals surface area contributed by atoms with Gasteiger partial charge in [-0.25, -0.2) is 8.42 Å². The third-order valence-corrected chi connectivity index (χ3v) is 8.40. The Bertz CT molecular complexity index is 1020. The van der Waals surface area contributed by atoms with Crippen molar-refractivity contribution in [1.29, 1.82) is 0 Å². The summed E-state index contributed by atoms with van der Waals surface area (Å²) in [5.74, 6) is 1.01. The molecule has 0 bridgehead atoms. The van der Waals surface area contributed by atoms with E-state index in [0.29, 0.717) is 37.7 Å². The highest BCUT2D eigenvalue weighted by Gasteiger charge is 2.28. The van der Waals surface area contributed by atoms with E-state index in [-0.39, 0.29) is 0 Å². The van der Waals surface area contributed by atoms with Crippen molar-refractivity contribution in [1.82, 2.24) is 9.46 Å². The van der Waals surface area contributed by atoms with E-state index < -0.39 is 10.0 Å². The first-order valence-corrected chi connectivity index (χ1v) is 12.7. The summed E-state index contributed by atoms with van der Waals surface area (Å²) in [5.41, 5.74) is 4.04. The van der Waals surface area contributed by atoms with Crippen molar-refractivity contribution in [2.24, 2.45) is 0 Å². The van der Waals surface area contributed by atoms with Crippen LogP contribution in [-0.4, -0.2) is 57.3 Å². The van der Waals surface area contributed by atoms with E-state index in [2.05, 4.69) is 15.4 Å². The Kier molecular flexibility index (Phi) is 5.90. The normalized spacial score (nSPS) is 20.1. The van der Waals surface area contributed by atoms with Crippen LogP contribution in [0.1, 0.15) is 42.7 Å². The van der Waals surface area contributed by atoms with Gasteiger partial charge in [-0.2, -0.15) is 4.31 Å². The second kappa shape index (κ2) is 8.80. The monoisotopic (exact) mass is 446 g/mol. The van der Waals surface area contributed by atoms with Gasteiger partial charge >= 0.3 is 0 Å². The number of aromatic nitrogens is 1. The van der Waals surface area contributed by atoms with Crippen LogP contribution >= 0.6 is 0 Å². The van der Waals surface area contributed by atoms with E-state index in [1.165, 1.54) is 9.87 Å². The van der Waals surface area contributed by atoms with E-state index in [4.69, 9.17) is 9.26 Å². The highest BCUT2D eigenvalue weighted by atomic mass is 32.2. The quantitative estimate of drug-likeness (QED) is 0.730. The summed E-state index contributed by atoms with van der Waals surface area (Å²) >= 11 is 0. The number of aryl methyl sites for hydroxylation is 1. The van der Waals surface area contributed by atoms with Crippen LogP contribution in [0.4, 0.5) is 11.4 Å². The minimum absolute atomic E-state index is 0.321. The molecule has 0 atom stereocenters. The van der Waals surface area contributed by atoms with Gasteiger partial charge < -0.3 is 19.5 Å². The second-order valence-corrected chi connectivity index (χ2v) is 10.4. The smallest absolute Gasteiger partial charge is 0.243 e. The highest BCUT2D eigenvalue weighted by Crippen LogP contribution is 2.33. The fraction of sp³-hybridized carbons (Fsp3) is 0.591. The third-order valence-electron chi connectivity index (χ3n) is 6.50. The molecule has 1 aromatic carbocycles. The first-order chi connectivity index (χ1) is 15.1. The highest BCUT2D eigenvalue weighted by molar-refractivity contribution is 7.89. The fourth-order valence-corrected chi connectivity index (χ4v) is 6.19. The van der Waals surface area contributed by atoms with E-state index in [0.717, 1.165) is 74.4 Å². The first kappa shape index (κ1) is 20.8. The van der Waals surface area contributed by atoms with E-state index in [1.807, 2.05) is 6.07 Å². The van der Waals surface area contributed by atoms with Gasteiger partial charge in [0, 0.05) is 38.2 Å². The Hall–Kier alpha value is -2.10. The Labute approximate surface area is 183 Å². The third kappa shape index (κ3) is 4.18. The SMILES string of the molecule is O=S(=O)(c1ccc(N2CCCC2)c(NCc2noc3c2CCCC3)c1)N1CCOCC1. The molecular weight excluding hydrogens is 416 g/mol. The van der Waals surface area contributed by atoms with Crippen LogP contribution in [-0.2, 0) is 34.1 Å². The van der Waals surface area contributed by atoms with Crippen LogP contribution in [0, 0.1) is 0 Å². The zero-order valence-corrected chi connectivity index (χ0v) is 18.6. The lowest BCUT2D eigenvalue weighted by molar-refractivity contribution is 0.0730.